The molecule has 2 nitrogen and oxygen atoms in total. The van der Waals surface area contributed by atoms with Crippen molar-refractivity contribution in [2.45, 2.75) is 25.4 Å². The van der Waals surface area contributed by atoms with Crippen LogP contribution in [0.5, 0.6) is 0 Å². The molecule has 86 valence electrons. The van der Waals surface area contributed by atoms with Gasteiger partial charge < -0.3 is 4.74 Å². The van der Waals surface area contributed by atoms with E-state index in [1.807, 2.05) is 0 Å². The van der Waals surface area contributed by atoms with E-state index in [1.54, 1.807) is 12.1 Å². The van der Waals surface area contributed by atoms with Crippen molar-refractivity contribution in [2.75, 3.05) is 6.61 Å². The summed E-state index contributed by atoms with van der Waals surface area (Å²) >= 11 is 3.07. The summed E-state index contributed by atoms with van der Waals surface area (Å²) in [5.41, 5.74) is 0.143. The predicted molar refractivity (Wildman–Crippen MR) is 62.0 cm³/mol. The minimum Gasteiger partial charge on any atom is -0.378 e. The Morgan fingerprint density at radius 3 is 3.06 bits per heavy atom. The lowest BCUT2D eigenvalue weighted by Gasteiger charge is -2.09. The summed E-state index contributed by atoms with van der Waals surface area (Å²) < 4.78 is 19.3. The van der Waals surface area contributed by atoms with Gasteiger partial charge in [-0.25, -0.2) is 4.39 Å². The molecule has 1 aliphatic rings. The van der Waals surface area contributed by atoms with Gasteiger partial charge in [0.15, 0.2) is 5.78 Å². The normalized spacial score (nSPS) is 20.0. The molecule has 0 bridgehead atoms. The molecule has 1 atom stereocenters. The smallest absolute Gasteiger partial charge is 0.168 e. The average molecular weight is 287 g/mol. The monoisotopic (exact) mass is 286 g/mol. The van der Waals surface area contributed by atoms with Gasteiger partial charge >= 0.3 is 0 Å². The standard InChI is InChI=1S/C12H12BrFO2/c13-10-5-1-4-9(12(10)14)11(15)7-8-3-2-6-16-8/h1,4-5,8H,2-3,6-7H2. The first-order valence-electron chi connectivity index (χ1n) is 5.27. The summed E-state index contributed by atoms with van der Waals surface area (Å²) in [6, 6.07) is 4.76. The Hall–Kier alpha value is -0.740. The van der Waals surface area contributed by atoms with Crippen LogP contribution in [0.2, 0.25) is 0 Å². The van der Waals surface area contributed by atoms with E-state index in [0.29, 0.717) is 11.1 Å². The second kappa shape index (κ2) is 5.06. The third-order valence-electron chi connectivity index (χ3n) is 2.69. The Balaban J connectivity index is 2.11. The number of hydrogen-bond donors (Lipinski definition) is 0. The highest BCUT2D eigenvalue weighted by Gasteiger charge is 2.22. The molecule has 0 amide bonds. The first-order valence-corrected chi connectivity index (χ1v) is 6.06. The Morgan fingerprint density at radius 2 is 2.38 bits per heavy atom. The third-order valence-corrected chi connectivity index (χ3v) is 3.30. The van der Waals surface area contributed by atoms with E-state index in [1.165, 1.54) is 6.07 Å². The van der Waals surface area contributed by atoms with Crippen molar-refractivity contribution in [3.8, 4) is 0 Å². The summed E-state index contributed by atoms with van der Waals surface area (Å²) in [7, 11) is 0. The van der Waals surface area contributed by atoms with Crippen molar-refractivity contribution in [2.24, 2.45) is 0 Å². The van der Waals surface area contributed by atoms with Crippen molar-refractivity contribution in [3.63, 3.8) is 0 Å². The molecule has 0 radical (unpaired) electrons. The molecule has 1 aromatic rings. The molecular formula is C12H12BrFO2. The van der Waals surface area contributed by atoms with E-state index in [-0.39, 0.29) is 23.9 Å². The van der Waals surface area contributed by atoms with Crippen LogP contribution < -0.4 is 0 Å². The van der Waals surface area contributed by atoms with Crippen molar-refractivity contribution in [1.29, 1.82) is 0 Å². The maximum absolute atomic E-state index is 13.6. The summed E-state index contributed by atoms with van der Waals surface area (Å²) in [4.78, 5) is 11.8. The molecule has 1 unspecified atom stereocenters. The number of Topliss-reactive ketones (excluding diaryl/α,β-unsaturated/α-hetero) is 1. The molecule has 4 heteroatoms. The van der Waals surface area contributed by atoms with Gasteiger partial charge in [0.25, 0.3) is 0 Å². The van der Waals surface area contributed by atoms with Crippen molar-refractivity contribution in [3.05, 3.63) is 34.1 Å². The van der Waals surface area contributed by atoms with Crippen LogP contribution >= 0.6 is 15.9 Å². The van der Waals surface area contributed by atoms with Crippen LogP contribution in [0.1, 0.15) is 29.6 Å². The number of ether oxygens (including phenoxy) is 1. The minimum atomic E-state index is -0.481. The Labute approximate surface area is 102 Å². The molecule has 1 aliphatic heterocycles. The molecule has 0 N–H and O–H groups in total. The zero-order chi connectivity index (χ0) is 11.5. The first kappa shape index (κ1) is 11.7. The van der Waals surface area contributed by atoms with Crippen LogP contribution in [0.4, 0.5) is 4.39 Å². The Bertz CT molecular complexity index is 400. The first-order chi connectivity index (χ1) is 7.68. The molecule has 16 heavy (non-hydrogen) atoms. The van der Waals surface area contributed by atoms with Gasteiger partial charge in [0.05, 0.1) is 16.1 Å². The van der Waals surface area contributed by atoms with E-state index >= 15 is 0 Å². The lowest BCUT2D eigenvalue weighted by atomic mass is 10.0. The lowest BCUT2D eigenvalue weighted by Crippen LogP contribution is -2.13. The minimum absolute atomic E-state index is 0.0362. The van der Waals surface area contributed by atoms with E-state index in [9.17, 15) is 9.18 Å². The number of rotatable bonds is 3. The van der Waals surface area contributed by atoms with Gasteiger partial charge in [-0.3, -0.25) is 4.79 Å². The highest BCUT2D eigenvalue weighted by atomic mass is 79.9. The highest BCUT2D eigenvalue weighted by Crippen LogP contribution is 2.22. The molecule has 0 aliphatic carbocycles. The van der Waals surface area contributed by atoms with Crippen LogP contribution in [-0.2, 0) is 4.74 Å². The SMILES string of the molecule is O=C(CC1CCCO1)c1cccc(Br)c1F. The van der Waals surface area contributed by atoms with E-state index in [4.69, 9.17) is 4.74 Å². The van der Waals surface area contributed by atoms with Crippen LogP contribution in [0, 0.1) is 5.82 Å². The summed E-state index contributed by atoms with van der Waals surface area (Å²) in [6.45, 7) is 0.707. The van der Waals surface area contributed by atoms with Crippen LogP contribution in [0.15, 0.2) is 22.7 Å². The number of carbonyl (C=O) groups excluding carboxylic acids is 1. The van der Waals surface area contributed by atoms with Gasteiger partial charge in [-0.1, -0.05) is 6.07 Å². The molecule has 1 heterocycles. The van der Waals surface area contributed by atoms with Gasteiger partial charge in [-0.05, 0) is 40.9 Å². The number of halogens is 2. The third kappa shape index (κ3) is 2.50. The molecule has 0 spiro atoms. The zero-order valence-corrected chi connectivity index (χ0v) is 10.3. The maximum atomic E-state index is 13.6. The summed E-state index contributed by atoms with van der Waals surface area (Å²) in [5.74, 6) is -0.670. The average Bonchev–Trinajstić information content (AvgIpc) is 2.74. The van der Waals surface area contributed by atoms with E-state index in [0.717, 1.165) is 12.8 Å². The molecule has 1 saturated heterocycles. The van der Waals surface area contributed by atoms with E-state index < -0.39 is 5.82 Å². The molecular weight excluding hydrogens is 275 g/mol. The topological polar surface area (TPSA) is 26.3 Å². The van der Waals surface area contributed by atoms with Crippen molar-refractivity contribution in [1.82, 2.24) is 0 Å². The van der Waals surface area contributed by atoms with Crippen LogP contribution in [-0.4, -0.2) is 18.5 Å². The van der Waals surface area contributed by atoms with Gasteiger partial charge in [0, 0.05) is 13.0 Å². The number of benzene rings is 1. The van der Waals surface area contributed by atoms with Crippen LogP contribution in [0.25, 0.3) is 0 Å². The fourth-order valence-electron chi connectivity index (χ4n) is 1.84. The Kier molecular flexibility index (Phi) is 3.71. The van der Waals surface area contributed by atoms with E-state index in [2.05, 4.69) is 15.9 Å². The lowest BCUT2D eigenvalue weighted by molar-refractivity contribution is 0.0772. The van der Waals surface area contributed by atoms with Crippen LogP contribution in [0.3, 0.4) is 0 Å². The molecule has 0 aromatic heterocycles. The summed E-state index contributed by atoms with van der Waals surface area (Å²) in [5, 5.41) is 0. The van der Waals surface area contributed by atoms with Gasteiger partial charge in [-0.15, -0.1) is 0 Å². The highest BCUT2D eigenvalue weighted by molar-refractivity contribution is 9.10. The van der Waals surface area contributed by atoms with Crippen molar-refractivity contribution >= 4 is 21.7 Å². The maximum Gasteiger partial charge on any atom is 0.168 e. The second-order valence-electron chi connectivity index (χ2n) is 3.86. The summed E-state index contributed by atoms with van der Waals surface area (Å²) in [6.07, 6.45) is 2.11. The number of hydrogen-bond acceptors (Lipinski definition) is 2. The molecule has 2 rings (SSSR count). The fourth-order valence-corrected chi connectivity index (χ4v) is 2.21. The van der Waals surface area contributed by atoms with Gasteiger partial charge in [0.1, 0.15) is 5.82 Å². The largest absolute Gasteiger partial charge is 0.378 e. The second-order valence-corrected chi connectivity index (χ2v) is 4.72. The predicted octanol–water partition coefficient (Wildman–Crippen LogP) is 3.34. The Morgan fingerprint density at radius 1 is 1.56 bits per heavy atom. The van der Waals surface area contributed by atoms with Gasteiger partial charge in [0.2, 0.25) is 0 Å². The zero-order valence-electron chi connectivity index (χ0n) is 8.71. The quantitative estimate of drug-likeness (QED) is 0.797. The molecule has 0 saturated carbocycles. The number of ketones is 1. The van der Waals surface area contributed by atoms with Crippen molar-refractivity contribution < 1.29 is 13.9 Å². The number of carbonyl (C=O) groups is 1. The van der Waals surface area contributed by atoms with Gasteiger partial charge in [-0.2, -0.15) is 0 Å². The molecule has 1 fully saturated rings. The molecule has 1 aromatic carbocycles. The fraction of sp³-hybridized carbons (Fsp3) is 0.417.